The SMILES string of the molecule is CCCC1CCC(/C(F)=C(\F)C(=O)OC2CC(F)C(C#N)C(F)C2)CC1. The van der Waals surface area contributed by atoms with Gasteiger partial charge in [0, 0.05) is 18.8 Å². The Kier molecular flexibility index (Phi) is 7.48. The summed E-state index contributed by atoms with van der Waals surface area (Å²) in [6.45, 7) is 2.08. The van der Waals surface area contributed by atoms with Crippen LogP contribution in [0.3, 0.4) is 0 Å². The van der Waals surface area contributed by atoms with Crippen LogP contribution in [0.15, 0.2) is 11.7 Å². The summed E-state index contributed by atoms with van der Waals surface area (Å²) in [5, 5.41) is 8.70. The standard InChI is InChI=1S/C19H25F4NO2/c1-2-3-11-4-6-12(7-5-11)17(22)18(23)19(25)26-13-8-15(20)14(10-24)16(21)9-13/h11-16H,2-9H2,1H3/b18-17+. The first-order valence-corrected chi connectivity index (χ1v) is 9.31. The number of carbonyl (C=O) groups is 1. The summed E-state index contributed by atoms with van der Waals surface area (Å²) in [7, 11) is 0. The fourth-order valence-corrected chi connectivity index (χ4v) is 3.97. The first-order chi connectivity index (χ1) is 12.4. The second-order valence-corrected chi connectivity index (χ2v) is 7.35. The maximum atomic E-state index is 14.3. The van der Waals surface area contributed by atoms with Crippen LogP contribution in [0, 0.1) is 29.1 Å². The van der Waals surface area contributed by atoms with Gasteiger partial charge in [0.1, 0.15) is 30.2 Å². The zero-order valence-electron chi connectivity index (χ0n) is 14.9. The molecule has 0 aromatic heterocycles. The molecule has 26 heavy (non-hydrogen) atoms. The van der Waals surface area contributed by atoms with E-state index >= 15 is 0 Å². The summed E-state index contributed by atoms with van der Waals surface area (Å²) in [6.07, 6.45) is -0.930. The van der Waals surface area contributed by atoms with Crippen molar-refractivity contribution < 1.29 is 27.1 Å². The van der Waals surface area contributed by atoms with Crippen LogP contribution in [0.25, 0.3) is 0 Å². The van der Waals surface area contributed by atoms with Crippen molar-refractivity contribution in [3.05, 3.63) is 11.7 Å². The summed E-state index contributed by atoms with van der Waals surface area (Å²) in [6, 6.07) is 1.54. The number of halogens is 4. The van der Waals surface area contributed by atoms with Crippen molar-refractivity contribution >= 4 is 5.97 Å². The first-order valence-electron chi connectivity index (χ1n) is 9.31. The minimum atomic E-state index is -1.80. The summed E-state index contributed by atoms with van der Waals surface area (Å²) < 4.78 is 60.6. The lowest BCUT2D eigenvalue weighted by Gasteiger charge is -2.30. The number of alkyl halides is 2. The highest BCUT2D eigenvalue weighted by Gasteiger charge is 2.41. The van der Waals surface area contributed by atoms with Gasteiger partial charge in [0.2, 0.25) is 5.83 Å². The molecule has 0 aromatic carbocycles. The lowest BCUT2D eigenvalue weighted by molar-refractivity contribution is -0.150. The largest absolute Gasteiger partial charge is 0.457 e. The molecular weight excluding hydrogens is 350 g/mol. The van der Waals surface area contributed by atoms with Gasteiger partial charge in [-0.15, -0.1) is 0 Å². The van der Waals surface area contributed by atoms with Crippen molar-refractivity contribution in [2.24, 2.45) is 17.8 Å². The summed E-state index contributed by atoms with van der Waals surface area (Å²) in [4.78, 5) is 11.8. The lowest BCUT2D eigenvalue weighted by atomic mass is 9.79. The van der Waals surface area contributed by atoms with Gasteiger partial charge in [-0.25, -0.2) is 18.0 Å². The van der Waals surface area contributed by atoms with Gasteiger partial charge < -0.3 is 4.74 Å². The van der Waals surface area contributed by atoms with Crippen LogP contribution in [0.1, 0.15) is 58.3 Å². The molecule has 2 aliphatic carbocycles. The molecule has 2 atom stereocenters. The number of nitrogens with zero attached hydrogens (tertiary/aromatic N) is 1. The number of nitriles is 1. The third kappa shape index (κ3) is 4.99. The molecule has 3 nitrogen and oxygen atoms in total. The molecule has 0 heterocycles. The summed E-state index contributed by atoms with van der Waals surface area (Å²) >= 11 is 0. The van der Waals surface area contributed by atoms with Crippen LogP contribution in [-0.4, -0.2) is 24.4 Å². The van der Waals surface area contributed by atoms with Crippen LogP contribution in [0.4, 0.5) is 17.6 Å². The van der Waals surface area contributed by atoms with Crippen molar-refractivity contribution in [2.75, 3.05) is 0 Å². The third-order valence-corrected chi connectivity index (χ3v) is 5.47. The number of hydrogen-bond donors (Lipinski definition) is 0. The van der Waals surface area contributed by atoms with E-state index in [4.69, 9.17) is 10.00 Å². The Balaban J connectivity index is 1.92. The normalized spacial score (nSPS) is 36.0. The highest BCUT2D eigenvalue weighted by Crippen LogP contribution is 2.38. The molecule has 2 unspecified atom stereocenters. The van der Waals surface area contributed by atoms with Gasteiger partial charge in [-0.05, 0) is 31.6 Å². The average molecular weight is 375 g/mol. The van der Waals surface area contributed by atoms with E-state index in [0.717, 1.165) is 25.7 Å². The average Bonchev–Trinajstić information content (AvgIpc) is 2.61. The van der Waals surface area contributed by atoms with Crippen molar-refractivity contribution in [2.45, 2.75) is 76.7 Å². The van der Waals surface area contributed by atoms with E-state index in [1.807, 2.05) is 0 Å². The van der Waals surface area contributed by atoms with E-state index in [1.165, 1.54) is 6.07 Å². The minimum absolute atomic E-state index is 0.387. The molecule has 0 N–H and O–H groups in total. The van der Waals surface area contributed by atoms with Gasteiger partial charge in [-0.1, -0.05) is 19.8 Å². The molecule has 2 fully saturated rings. The molecule has 2 aliphatic rings. The predicted octanol–water partition coefficient (Wildman–Crippen LogP) is 5.27. The number of rotatable bonds is 5. The monoisotopic (exact) mass is 375 g/mol. The van der Waals surface area contributed by atoms with E-state index in [2.05, 4.69) is 6.92 Å². The molecule has 0 spiro atoms. The Hall–Kier alpha value is -1.58. The van der Waals surface area contributed by atoms with Crippen molar-refractivity contribution in [1.29, 1.82) is 5.26 Å². The van der Waals surface area contributed by atoms with Crippen LogP contribution in [-0.2, 0) is 9.53 Å². The molecule has 146 valence electrons. The number of esters is 1. The van der Waals surface area contributed by atoms with Crippen LogP contribution in [0.2, 0.25) is 0 Å². The topological polar surface area (TPSA) is 50.1 Å². The lowest BCUT2D eigenvalue weighted by Crippen LogP contribution is -2.39. The van der Waals surface area contributed by atoms with E-state index in [-0.39, 0.29) is 12.8 Å². The molecule has 0 radical (unpaired) electrons. The Morgan fingerprint density at radius 3 is 2.19 bits per heavy atom. The second-order valence-electron chi connectivity index (χ2n) is 7.35. The molecule has 0 saturated heterocycles. The van der Waals surface area contributed by atoms with Crippen LogP contribution in [0.5, 0.6) is 0 Å². The quantitative estimate of drug-likeness (QED) is 0.374. The summed E-state index contributed by atoms with van der Waals surface area (Å²) in [5.74, 6) is -5.79. The number of hydrogen-bond acceptors (Lipinski definition) is 3. The van der Waals surface area contributed by atoms with Crippen molar-refractivity contribution in [3.63, 3.8) is 0 Å². The molecular formula is C19H25F4NO2. The van der Waals surface area contributed by atoms with Gasteiger partial charge >= 0.3 is 5.97 Å². The zero-order valence-corrected chi connectivity index (χ0v) is 14.9. The molecule has 7 heteroatoms. The number of ether oxygens (including phenoxy) is 1. The number of carbonyl (C=O) groups excluding carboxylic acids is 1. The van der Waals surface area contributed by atoms with Gasteiger partial charge in [-0.3, -0.25) is 0 Å². The van der Waals surface area contributed by atoms with Gasteiger partial charge in [0.25, 0.3) is 0 Å². The molecule has 0 bridgehead atoms. The Labute approximate surface area is 151 Å². The maximum Gasteiger partial charge on any atom is 0.370 e. The molecule has 2 saturated carbocycles. The van der Waals surface area contributed by atoms with E-state index in [0.29, 0.717) is 18.8 Å². The van der Waals surface area contributed by atoms with Gasteiger partial charge in [0.15, 0.2) is 0 Å². The van der Waals surface area contributed by atoms with Gasteiger partial charge in [-0.2, -0.15) is 9.65 Å². The van der Waals surface area contributed by atoms with E-state index in [1.54, 1.807) is 0 Å². The maximum absolute atomic E-state index is 14.3. The van der Waals surface area contributed by atoms with E-state index in [9.17, 15) is 22.4 Å². The Morgan fingerprint density at radius 1 is 1.12 bits per heavy atom. The molecule has 0 aromatic rings. The Bertz CT molecular complexity index is 554. The Morgan fingerprint density at radius 2 is 1.69 bits per heavy atom. The third-order valence-electron chi connectivity index (χ3n) is 5.47. The van der Waals surface area contributed by atoms with Crippen molar-refractivity contribution in [1.82, 2.24) is 0 Å². The highest BCUT2D eigenvalue weighted by atomic mass is 19.2. The fourth-order valence-electron chi connectivity index (χ4n) is 3.97. The van der Waals surface area contributed by atoms with Crippen LogP contribution >= 0.6 is 0 Å². The smallest absolute Gasteiger partial charge is 0.370 e. The predicted molar refractivity (Wildman–Crippen MR) is 87.6 cm³/mol. The zero-order chi connectivity index (χ0) is 19.3. The van der Waals surface area contributed by atoms with Crippen LogP contribution < -0.4 is 0 Å². The molecule has 0 amide bonds. The first kappa shape index (κ1) is 20.7. The highest BCUT2D eigenvalue weighted by molar-refractivity contribution is 5.86. The fraction of sp³-hybridized carbons (Fsp3) is 0.789. The second kappa shape index (κ2) is 9.38. The summed E-state index contributed by atoms with van der Waals surface area (Å²) in [5.41, 5.74) is 0. The van der Waals surface area contributed by atoms with E-state index < -0.39 is 47.9 Å². The molecule has 0 aliphatic heterocycles. The molecule has 2 rings (SSSR count). The van der Waals surface area contributed by atoms with Gasteiger partial charge in [0.05, 0.1) is 6.07 Å². The van der Waals surface area contributed by atoms with Crippen molar-refractivity contribution in [3.8, 4) is 6.07 Å². The minimum Gasteiger partial charge on any atom is -0.457 e. The number of allylic oxidation sites excluding steroid dienone is 1.